The van der Waals surface area contributed by atoms with Crippen molar-refractivity contribution in [1.29, 1.82) is 5.26 Å². The van der Waals surface area contributed by atoms with E-state index in [4.69, 9.17) is 4.74 Å². The van der Waals surface area contributed by atoms with Gasteiger partial charge in [0, 0.05) is 11.1 Å². The SMILES string of the molecule is COc1cc(C)cc(C)c1-c1ccccc1C#N. The van der Waals surface area contributed by atoms with E-state index in [9.17, 15) is 5.26 Å². The predicted molar refractivity (Wildman–Crippen MR) is 72.6 cm³/mol. The number of ether oxygens (including phenoxy) is 1. The Morgan fingerprint density at radius 1 is 1.11 bits per heavy atom. The number of hydrogen-bond donors (Lipinski definition) is 0. The molecule has 2 aromatic rings. The number of rotatable bonds is 2. The molecule has 0 amide bonds. The van der Waals surface area contributed by atoms with E-state index in [0.29, 0.717) is 5.56 Å². The van der Waals surface area contributed by atoms with Crippen molar-refractivity contribution in [2.75, 3.05) is 7.11 Å². The first-order chi connectivity index (χ1) is 8.67. The van der Waals surface area contributed by atoms with E-state index in [-0.39, 0.29) is 0 Å². The average molecular weight is 237 g/mol. The first-order valence-electron chi connectivity index (χ1n) is 5.82. The zero-order valence-corrected chi connectivity index (χ0v) is 10.8. The monoisotopic (exact) mass is 237 g/mol. The molecule has 0 aliphatic carbocycles. The number of methoxy groups -OCH3 is 1. The van der Waals surface area contributed by atoms with E-state index in [1.807, 2.05) is 44.2 Å². The lowest BCUT2D eigenvalue weighted by molar-refractivity contribution is 0.416. The molecule has 18 heavy (non-hydrogen) atoms. The Labute approximate surface area is 107 Å². The fourth-order valence-corrected chi connectivity index (χ4v) is 2.23. The normalized spacial score (nSPS) is 9.89. The van der Waals surface area contributed by atoms with Gasteiger partial charge >= 0.3 is 0 Å². The Morgan fingerprint density at radius 2 is 1.83 bits per heavy atom. The molecule has 0 aliphatic rings. The zero-order chi connectivity index (χ0) is 13.1. The van der Waals surface area contributed by atoms with Crippen molar-refractivity contribution < 1.29 is 4.74 Å². The van der Waals surface area contributed by atoms with Crippen LogP contribution in [0, 0.1) is 25.2 Å². The van der Waals surface area contributed by atoms with E-state index in [0.717, 1.165) is 28.0 Å². The summed E-state index contributed by atoms with van der Waals surface area (Å²) in [7, 11) is 1.66. The van der Waals surface area contributed by atoms with Gasteiger partial charge in [-0.25, -0.2) is 0 Å². The molecular formula is C16H15NO. The Hall–Kier alpha value is -2.27. The molecule has 90 valence electrons. The largest absolute Gasteiger partial charge is 0.496 e. The summed E-state index contributed by atoms with van der Waals surface area (Å²) in [6.07, 6.45) is 0. The highest BCUT2D eigenvalue weighted by molar-refractivity contribution is 5.78. The van der Waals surface area contributed by atoms with Crippen LogP contribution in [0.25, 0.3) is 11.1 Å². The van der Waals surface area contributed by atoms with Crippen molar-refractivity contribution in [3.8, 4) is 22.9 Å². The summed E-state index contributed by atoms with van der Waals surface area (Å²) in [5.74, 6) is 0.815. The van der Waals surface area contributed by atoms with Crippen molar-refractivity contribution in [2.45, 2.75) is 13.8 Å². The lowest BCUT2D eigenvalue weighted by Crippen LogP contribution is -1.94. The van der Waals surface area contributed by atoms with E-state index in [1.165, 1.54) is 0 Å². The van der Waals surface area contributed by atoms with Crippen molar-refractivity contribution in [1.82, 2.24) is 0 Å². The second kappa shape index (κ2) is 4.93. The molecule has 0 atom stereocenters. The van der Waals surface area contributed by atoms with Crippen LogP contribution in [-0.2, 0) is 0 Å². The molecule has 0 radical (unpaired) electrons. The van der Waals surface area contributed by atoms with Gasteiger partial charge in [-0.2, -0.15) is 5.26 Å². The Bertz CT molecular complexity index is 623. The summed E-state index contributed by atoms with van der Waals surface area (Å²) in [6, 6.07) is 13.9. The van der Waals surface area contributed by atoms with Crippen LogP contribution in [0.15, 0.2) is 36.4 Å². The molecule has 0 fully saturated rings. The average Bonchev–Trinajstić information content (AvgIpc) is 2.38. The van der Waals surface area contributed by atoms with Gasteiger partial charge in [0.25, 0.3) is 0 Å². The minimum atomic E-state index is 0.669. The zero-order valence-electron chi connectivity index (χ0n) is 10.8. The van der Waals surface area contributed by atoms with Gasteiger partial charge in [0.15, 0.2) is 0 Å². The second-order valence-electron chi connectivity index (χ2n) is 4.32. The molecule has 2 rings (SSSR count). The molecule has 0 saturated carbocycles. The highest BCUT2D eigenvalue weighted by Gasteiger charge is 2.13. The van der Waals surface area contributed by atoms with Crippen LogP contribution in [-0.4, -0.2) is 7.11 Å². The van der Waals surface area contributed by atoms with Crippen molar-refractivity contribution in [3.63, 3.8) is 0 Å². The highest BCUT2D eigenvalue weighted by Crippen LogP contribution is 2.35. The summed E-state index contributed by atoms with van der Waals surface area (Å²) in [6.45, 7) is 4.08. The van der Waals surface area contributed by atoms with Crippen LogP contribution in [0.2, 0.25) is 0 Å². The van der Waals surface area contributed by atoms with Gasteiger partial charge in [-0.05, 0) is 37.1 Å². The van der Waals surface area contributed by atoms with Crippen molar-refractivity contribution in [2.24, 2.45) is 0 Å². The maximum atomic E-state index is 9.20. The summed E-state index contributed by atoms with van der Waals surface area (Å²) in [5, 5.41) is 9.20. The summed E-state index contributed by atoms with van der Waals surface area (Å²) in [4.78, 5) is 0. The summed E-state index contributed by atoms with van der Waals surface area (Å²) >= 11 is 0. The Kier molecular flexibility index (Phi) is 3.34. The van der Waals surface area contributed by atoms with Gasteiger partial charge in [0.2, 0.25) is 0 Å². The van der Waals surface area contributed by atoms with Crippen LogP contribution >= 0.6 is 0 Å². The standard InChI is InChI=1S/C16H15NO/c1-11-8-12(2)16(15(9-11)18-3)14-7-5-4-6-13(14)10-17/h4-9H,1-3H3. The molecule has 0 aromatic heterocycles. The minimum Gasteiger partial charge on any atom is -0.496 e. The Morgan fingerprint density at radius 3 is 2.50 bits per heavy atom. The molecule has 0 unspecified atom stereocenters. The van der Waals surface area contributed by atoms with Crippen LogP contribution in [0.4, 0.5) is 0 Å². The third-order valence-corrected chi connectivity index (χ3v) is 2.98. The molecular weight excluding hydrogens is 222 g/mol. The van der Waals surface area contributed by atoms with Gasteiger partial charge in [-0.3, -0.25) is 0 Å². The van der Waals surface area contributed by atoms with Gasteiger partial charge in [0.05, 0.1) is 18.7 Å². The number of nitriles is 1. The molecule has 2 aromatic carbocycles. The van der Waals surface area contributed by atoms with Crippen LogP contribution in [0.3, 0.4) is 0 Å². The molecule has 0 spiro atoms. The highest BCUT2D eigenvalue weighted by atomic mass is 16.5. The first kappa shape index (κ1) is 12.2. The quantitative estimate of drug-likeness (QED) is 0.794. The smallest absolute Gasteiger partial charge is 0.127 e. The predicted octanol–water partition coefficient (Wildman–Crippen LogP) is 3.85. The van der Waals surface area contributed by atoms with Gasteiger partial charge in [0.1, 0.15) is 5.75 Å². The third kappa shape index (κ3) is 2.08. The molecule has 2 heteroatoms. The molecule has 0 N–H and O–H groups in total. The fourth-order valence-electron chi connectivity index (χ4n) is 2.23. The van der Waals surface area contributed by atoms with Crippen molar-refractivity contribution in [3.05, 3.63) is 53.1 Å². The fraction of sp³-hybridized carbons (Fsp3) is 0.188. The summed E-state index contributed by atoms with van der Waals surface area (Å²) < 4.78 is 5.45. The number of aryl methyl sites for hydroxylation is 2. The summed E-state index contributed by atoms with van der Waals surface area (Å²) in [5.41, 5.74) is 4.87. The van der Waals surface area contributed by atoms with Gasteiger partial charge in [-0.15, -0.1) is 0 Å². The first-order valence-corrected chi connectivity index (χ1v) is 5.82. The maximum Gasteiger partial charge on any atom is 0.127 e. The van der Waals surface area contributed by atoms with Crippen molar-refractivity contribution >= 4 is 0 Å². The topological polar surface area (TPSA) is 33.0 Å². The molecule has 2 nitrogen and oxygen atoms in total. The Balaban J connectivity index is 2.75. The lowest BCUT2D eigenvalue weighted by Gasteiger charge is -2.14. The van der Waals surface area contributed by atoms with Crippen LogP contribution in [0.1, 0.15) is 16.7 Å². The molecule has 0 heterocycles. The molecule has 0 saturated heterocycles. The molecule has 0 aliphatic heterocycles. The van der Waals surface area contributed by atoms with Gasteiger partial charge in [-0.1, -0.05) is 24.3 Å². The minimum absolute atomic E-state index is 0.669. The number of benzene rings is 2. The van der Waals surface area contributed by atoms with E-state index in [2.05, 4.69) is 12.1 Å². The van der Waals surface area contributed by atoms with E-state index in [1.54, 1.807) is 7.11 Å². The number of hydrogen-bond acceptors (Lipinski definition) is 2. The maximum absolute atomic E-state index is 9.20. The van der Waals surface area contributed by atoms with Crippen LogP contribution in [0.5, 0.6) is 5.75 Å². The van der Waals surface area contributed by atoms with Crippen LogP contribution < -0.4 is 4.74 Å². The van der Waals surface area contributed by atoms with E-state index < -0.39 is 0 Å². The second-order valence-corrected chi connectivity index (χ2v) is 4.32. The van der Waals surface area contributed by atoms with E-state index >= 15 is 0 Å². The van der Waals surface area contributed by atoms with Gasteiger partial charge < -0.3 is 4.74 Å². The lowest BCUT2D eigenvalue weighted by atomic mass is 9.94. The molecule has 0 bridgehead atoms. The number of nitrogens with zero attached hydrogens (tertiary/aromatic N) is 1. The third-order valence-electron chi connectivity index (χ3n) is 2.98.